The van der Waals surface area contributed by atoms with E-state index in [1.165, 1.54) is 23.0 Å². The fourth-order valence-electron chi connectivity index (χ4n) is 3.22. The molecule has 134 valence electrons. The van der Waals surface area contributed by atoms with Crippen LogP contribution in [-0.2, 0) is 17.8 Å². The number of piperidine rings is 1. The number of carbonyl (C=O) groups excluding carboxylic acids is 1. The topological polar surface area (TPSA) is 70.2 Å². The molecule has 0 aliphatic carbocycles. The maximum atomic E-state index is 13.7. The van der Waals surface area contributed by atoms with E-state index in [2.05, 4.69) is 9.79 Å². The first-order valence-corrected chi connectivity index (χ1v) is 8.31. The van der Waals surface area contributed by atoms with E-state index in [1.54, 1.807) is 4.90 Å². The van der Waals surface area contributed by atoms with E-state index in [1.807, 2.05) is 0 Å². The molecule has 0 spiro atoms. The molecule has 8 heteroatoms. The lowest BCUT2D eigenvalue weighted by Gasteiger charge is -2.32. The van der Waals surface area contributed by atoms with Gasteiger partial charge in [0.2, 0.25) is 0 Å². The van der Waals surface area contributed by atoms with Crippen LogP contribution in [0.3, 0.4) is 0 Å². The number of aromatic nitrogens is 2. The Hall–Kier alpha value is -2.51. The number of amides is 1. The Morgan fingerprint density at radius 2 is 2.24 bits per heavy atom. The second-order valence-electron chi connectivity index (χ2n) is 6.39. The predicted molar refractivity (Wildman–Crippen MR) is 83.5 cm³/mol. The van der Waals surface area contributed by atoms with E-state index in [0.717, 1.165) is 25.3 Å². The van der Waals surface area contributed by atoms with Gasteiger partial charge < -0.3 is 4.90 Å². The average molecular weight is 352 g/mol. The van der Waals surface area contributed by atoms with Crippen molar-refractivity contribution in [3.05, 3.63) is 52.0 Å². The normalized spacial score (nSPS) is 17.7. The van der Waals surface area contributed by atoms with Crippen molar-refractivity contribution in [2.75, 3.05) is 13.1 Å². The van der Waals surface area contributed by atoms with Gasteiger partial charge in [-0.15, -0.1) is 0 Å². The third-order valence-electron chi connectivity index (χ3n) is 4.54. The molecule has 1 amide bonds. The van der Waals surface area contributed by atoms with Gasteiger partial charge >= 0.3 is 5.63 Å². The minimum atomic E-state index is -0.578. The maximum absolute atomic E-state index is 13.7. The fourth-order valence-corrected chi connectivity index (χ4v) is 3.22. The third-order valence-corrected chi connectivity index (χ3v) is 4.54. The van der Waals surface area contributed by atoms with Gasteiger partial charge in [-0.1, -0.05) is 10.7 Å². The molecule has 1 aliphatic rings. The Labute approximate surface area is 143 Å². The second kappa shape index (κ2) is 7.58. The smallest absolute Gasteiger partial charge is 0.337 e. The molecule has 2 aromatic rings. The van der Waals surface area contributed by atoms with Gasteiger partial charge in [-0.3, -0.25) is 9.32 Å². The van der Waals surface area contributed by atoms with Crippen LogP contribution in [0, 0.1) is 17.6 Å². The van der Waals surface area contributed by atoms with Crippen LogP contribution in [0.4, 0.5) is 8.78 Å². The lowest BCUT2D eigenvalue weighted by molar-refractivity contribution is -0.751. The van der Waals surface area contributed by atoms with Crippen LogP contribution in [0.15, 0.2) is 33.7 Å². The molecule has 2 heterocycles. The van der Waals surface area contributed by atoms with Crippen molar-refractivity contribution in [1.82, 2.24) is 10.2 Å². The van der Waals surface area contributed by atoms with Gasteiger partial charge in [-0.2, -0.15) is 0 Å². The van der Waals surface area contributed by atoms with Crippen LogP contribution in [-0.4, -0.2) is 29.2 Å². The molecule has 1 N–H and O–H groups in total. The monoisotopic (exact) mass is 352 g/mol. The second-order valence-corrected chi connectivity index (χ2v) is 6.39. The van der Waals surface area contributed by atoms with Crippen LogP contribution in [0.2, 0.25) is 0 Å². The van der Waals surface area contributed by atoms with Gasteiger partial charge in [0, 0.05) is 19.2 Å². The lowest BCUT2D eigenvalue weighted by Crippen LogP contribution is -2.48. The first-order chi connectivity index (χ1) is 12.0. The van der Waals surface area contributed by atoms with E-state index in [9.17, 15) is 18.4 Å². The van der Waals surface area contributed by atoms with Crippen molar-refractivity contribution < 1.29 is 22.8 Å². The number of nitrogens with zero attached hydrogens (tertiary/aromatic N) is 2. The number of hydrogen-bond acceptors (Lipinski definition) is 3. The Morgan fingerprint density at radius 3 is 2.96 bits per heavy atom. The van der Waals surface area contributed by atoms with Crippen LogP contribution in [0.5, 0.6) is 0 Å². The van der Waals surface area contributed by atoms with Crippen molar-refractivity contribution in [1.29, 1.82) is 0 Å². The molecule has 0 saturated carbocycles. The molecule has 1 aromatic heterocycles. The molecule has 1 aromatic carbocycles. The Morgan fingerprint density at radius 1 is 1.40 bits per heavy atom. The molecule has 0 unspecified atom stereocenters. The highest BCUT2D eigenvalue weighted by Crippen LogP contribution is 2.22. The molecule has 0 radical (unpaired) electrons. The van der Waals surface area contributed by atoms with E-state index in [0.29, 0.717) is 25.1 Å². The molecule has 1 saturated heterocycles. The number of benzene rings is 1. The summed E-state index contributed by atoms with van der Waals surface area (Å²) in [6, 6.07) is 3.63. The summed E-state index contributed by atoms with van der Waals surface area (Å²) in [5.41, 5.74) is -0.0398. The molecule has 1 atom stereocenters. The predicted octanol–water partition coefficient (Wildman–Crippen LogP) is 1.41. The van der Waals surface area contributed by atoms with Gasteiger partial charge in [0.15, 0.2) is 0 Å². The highest BCUT2D eigenvalue weighted by Gasteiger charge is 2.26. The molecule has 6 nitrogen and oxygen atoms in total. The summed E-state index contributed by atoms with van der Waals surface area (Å²) in [6.45, 7) is 1.29. The first kappa shape index (κ1) is 17.3. The third kappa shape index (κ3) is 4.52. The van der Waals surface area contributed by atoms with Gasteiger partial charge in [0.1, 0.15) is 11.6 Å². The zero-order chi connectivity index (χ0) is 17.8. The summed E-state index contributed by atoms with van der Waals surface area (Å²) in [7, 11) is 0. The van der Waals surface area contributed by atoms with Crippen molar-refractivity contribution in [2.45, 2.75) is 32.2 Å². The first-order valence-electron chi connectivity index (χ1n) is 8.31. The quantitative estimate of drug-likeness (QED) is 0.827. The molecule has 0 bridgehead atoms. The lowest BCUT2D eigenvalue weighted by atomic mass is 9.91. The maximum Gasteiger partial charge on any atom is 0.426 e. The van der Waals surface area contributed by atoms with E-state index >= 15 is 0 Å². The number of likely N-dealkylation sites (tertiary alicyclic amines) is 1. The largest absolute Gasteiger partial charge is 0.426 e. The van der Waals surface area contributed by atoms with Gasteiger partial charge in [-0.05, 0) is 48.5 Å². The molecular weight excluding hydrogens is 332 g/mol. The number of H-pyrrole nitrogens is 1. The fraction of sp³-hybridized carbons (Fsp3) is 0.471. The summed E-state index contributed by atoms with van der Waals surface area (Å²) in [5.74, 6) is -0.926. The van der Waals surface area contributed by atoms with Crippen LogP contribution >= 0.6 is 0 Å². The Balaban J connectivity index is 1.53. The molecule has 1 aliphatic heterocycles. The van der Waals surface area contributed by atoms with Gasteiger partial charge in [0.25, 0.3) is 18.6 Å². The highest BCUT2D eigenvalue weighted by atomic mass is 19.1. The minimum Gasteiger partial charge on any atom is -0.337 e. The van der Waals surface area contributed by atoms with E-state index in [-0.39, 0.29) is 18.4 Å². The van der Waals surface area contributed by atoms with Crippen molar-refractivity contribution >= 4 is 5.91 Å². The summed E-state index contributed by atoms with van der Waals surface area (Å²) < 4.78 is 32.5. The molecular formula is C17H20F2N3O3+. The summed E-state index contributed by atoms with van der Waals surface area (Å²) in [6.07, 6.45) is 4.30. The van der Waals surface area contributed by atoms with Gasteiger partial charge in [-0.25, -0.2) is 13.6 Å². The number of hydrogen-bond donors (Lipinski definition) is 1. The molecule has 3 rings (SSSR count). The standard InChI is InChI=1S/C17H19F2N3O3/c18-14-6-5-13(15(19)8-14)4-3-12-2-1-7-21(9-12)16(23)10-22-11-17(24)25-20-22/h5-6,8,11-12H,1-4,7,9-10H2/p+1/t12-/m0/s1. The number of aromatic amines is 1. The Bertz CT molecular complexity index is 802. The SMILES string of the molecule is O=C(C[n+]1cc(=O)o[nH]1)N1CCC[C@@H](CCc2ccc(F)cc2F)C1. The molecule has 25 heavy (non-hydrogen) atoms. The zero-order valence-corrected chi connectivity index (χ0v) is 13.7. The van der Waals surface area contributed by atoms with Crippen LogP contribution in [0.25, 0.3) is 0 Å². The van der Waals surface area contributed by atoms with Crippen LogP contribution < -0.4 is 10.3 Å². The number of nitrogens with one attached hydrogen (secondary N) is 1. The highest BCUT2D eigenvalue weighted by molar-refractivity contribution is 5.74. The zero-order valence-electron chi connectivity index (χ0n) is 13.7. The van der Waals surface area contributed by atoms with Crippen molar-refractivity contribution in [3.63, 3.8) is 0 Å². The van der Waals surface area contributed by atoms with E-state index < -0.39 is 17.3 Å². The number of carbonyl (C=O) groups is 1. The van der Waals surface area contributed by atoms with Crippen molar-refractivity contribution in [3.8, 4) is 0 Å². The minimum absolute atomic E-state index is 0.0189. The van der Waals surface area contributed by atoms with Gasteiger partial charge in [0.05, 0.1) is 0 Å². The number of aryl methyl sites for hydroxylation is 1. The average Bonchev–Trinajstić information content (AvgIpc) is 2.99. The summed E-state index contributed by atoms with van der Waals surface area (Å²) in [4.78, 5) is 25.1. The summed E-state index contributed by atoms with van der Waals surface area (Å²) >= 11 is 0. The van der Waals surface area contributed by atoms with E-state index in [4.69, 9.17) is 0 Å². The Kier molecular flexibility index (Phi) is 5.25. The molecule has 1 fully saturated rings. The van der Waals surface area contributed by atoms with Crippen LogP contribution in [0.1, 0.15) is 24.8 Å². The summed E-state index contributed by atoms with van der Waals surface area (Å²) in [5, 5.41) is 2.35. The van der Waals surface area contributed by atoms with Crippen molar-refractivity contribution in [2.24, 2.45) is 5.92 Å². The number of halogens is 2. The number of rotatable bonds is 5.